The monoisotopic (exact) mass is 491 g/mol. The predicted octanol–water partition coefficient (Wildman–Crippen LogP) is 6.88. The van der Waals surface area contributed by atoms with Crippen molar-refractivity contribution in [3.8, 4) is 22.6 Å². The molecule has 6 heteroatoms. The number of ether oxygens (including phenoxy) is 1. The van der Waals surface area contributed by atoms with Gasteiger partial charge in [0.2, 0.25) is 5.78 Å². The molecular weight excluding hydrogens is 466 g/mol. The summed E-state index contributed by atoms with van der Waals surface area (Å²) >= 11 is 7.71. The van der Waals surface area contributed by atoms with Crippen LogP contribution >= 0.6 is 22.9 Å². The van der Waals surface area contributed by atoms with Crippen molar-refractivity contribution < 1.29 is 14.6 Å². The first-order valence-electron chi connectivity index (χ1n) is 11.5. The van der Waals surface area contributed by atoms with Crippen molar-refractivity contribution >= 4 is 38.8 Å². The van der Waals surface area contributed by atoms with Crippen LogP contribution < -0.4 is 4.74 Å². The third-order valence-corrected chi connectivity index (χ3v) is 7.81. The minimum Gasteiger partial charge on any atom is -0.508 e. The second-order valence-corrected chi connectivity index (χ2v) is 10.3. The number of hydrogen-bond donors (Lipinski definition) is 1. The molecule has 5 rings (SSSR count). The lowest BCUT2D eigenvalue weighted by molar-refractivity contribution is 0.104. The Bertz CT molecular complexity index is 1330. The van der Waals surface area contributed by atoms with Gasteiger partial charge in [0, 0.05) is 34.3 Å². The first kappa shape index (κ1) is 22.9. The lowest BCUT2D eigenvalue weighted by Crippen LogP contribution is -2.25. The number of likely N-dealkylation sites (tertiary alicyclic amines) is 1. The Balaban J connectivity index is 1.43. The van der Waals surface area contributed by atoms with Gasteiger partial charge in [-0.2, -0.15) is 0 Å². The number of nitrogens with zero attached hydrogens (tertiary/aromatic N) is 1. The fourth-order valence-corrected chi connectivity index (χ4v) is 5.97. The SMILES string of the molecule is C[C@@H]1CCN(CCOc2ccc(-c3c(C(=O)c4ccccc4Cl)sc4cc(O)ccc34)cc2)C1. The quantitative estimate of drug-likeness (QED) is 0.286. The Kier molecular flexibility index (Phi) is 6.59. The van der Waals surface area contributed by atoms with Gasteiger partial charge in [-0.15, -0.1) is 11.3 Å². The van der Waals surface area contributed by atoms with Gasteiger partial charge >= 0.3 is 0 Å². The summed E-state index contributed by atoms with van der Waals surface area (Å²) in [5, 5.41) is 11.3. The van der Waals surface area contributed by atoms with Crippen LogP contribution in [-0.4, -0.2) is 42.0 Å². The summed E-state index contributed by atoms with van der Waals surface area (Å²) in [7, 11) is 0. The van der Waals surface area contributed by atoms with Gasteiger partial charge in [0.15, 0.2) is 0 Å². The highest BCUT2D eigenvalue weighted by molar-refractivity contribution is 7.21. The number of thiophene rings is 1. The van der Waals surface area contributed by atoms with Gasteiger partial charge < -0.3 is 9.84 Å². The molecule has 1 aliphatic heterocycles. The third kappa shape index (κ3) is 4.69. The van der Waals surface area contributed by atoms with Crippen LogP contribution in [0.4, 0.5) is 0 Å². The molecule has 1 aliphatic rings. The summed E-state index contributed by atoms with van der Waals surface area (Å²) < 4.78 is 6.84. The average molecular weight is 492 g/mol. The molecule has 0 unspecified atom stereocenters. The van der Waals surface area contributed by atoms with E-state index in [9.17, 15) is 9.90 Å². The molecule has 0 aliphatic carbocycles. The molecule has 1 saturated heterocycles. The number of carbonyl (C=O) groups excluding carboxylic acids is 1. The zero-order valence-electron chi connectivity index (χ0n) is 19.0. The normalized spacial score (nSPS) is 16.2. The Morgan fingerprint density at radius 3 is 2.68 bits per heavy atom. The molecule has 2 heterocycles. The lowest BCUT2D eigenvalue weighted by Gasteiger charge is -2.15. The van der Waals surface area contributed by atoms with Crippen molar-refractivity contribution in [1.29, 1.82) is 0 Å². The van der Waals surface area contributed by atoms with Crippen molar-refractivity contribution in [2.45, 2.75) is 13.3 Å². The van der Waals surface area contributed by atoms with Crippen LogP contribution in [0.5, 0.6) is 11.5 Å². The van der Waals surface area contributed by atoms with Crippen LogP contribution in [0.2, 0.25) is 5.02 Å². The number of phenols is 1. The summed E-state index contributed by atoms with van der Waals surface area (Å²) in [5.74, 6) is 1.63. The Labute approximate surface area is 208 Å². The second-order valence-electron chi connectivity index (χ2n) is 8.86. The van der Waals surface area contributed by atoms with E-state index < -0.39 is 0 Å². The van der Waals surface area contributed by atoms with E-state index in [1.807, 2.05) is 42.5 Å². The van der Waals surface area contributed by atoms with Gasteiger partial charge in [-0.1, -0.05) is 42.8 Å². The van der Waals surface area contributed by atoms with E-state index >= 15 is 0 Å². The van der Waals surface area contributed by atoms with Crippen LogP contribution in [-0.2, 0) is 0 Å². The van der Waals surface area contributed by atoms with Crippen molar-refractivity contribution in [2.24, 2.45) is 5.92 Å². The molecule has 4 aromatic rings. The van der Waals surface area contributed by atoms with Crippen LogP contribution in [0.25, 0.3) is 21.2 Å². The van der Waals surface area contributed by atoms with Crippen molar-refractivity contribution in [2.75, 3.05) is 26.2 Å². The topological polar surface area (TPSA) is 49.8 Å². The molecule has 0 bridgehead atoms. The van der Waals surface area contributed by atoms with Crippen molar-refractivity contribution in [3.63, 3.8) is 0 Å². The molecule has 174 valence electrons. The Morgan fingerprint density at radius 2 is 1.94 bits per heavy atom. The van der Waals surface area contributed by atoms with E-state index in [-0.39, 0.29) is 11.5 Å². The minimum atomic E-state index is -0.124. The maximum Gasteiger partial charge on any atom is 0.205 e. The second kappa shape index (κ2) is 9.79. The first-order valence-corrected chi connectivity index (χ1v) is 12.7. The van der Waals surface area contributed by atoms with Gasteiger partial charge in [0.05, 0.1) is 9.90 Å². The molecule has 4 nitrogen and oxygen atoms in total. The standard InChI is InChI=1S/C28H26ClNO3S/c1-18-12-13-30(17-18)14-15-33-21-9-6-19(7-10-21)26-23-11-8-20(31)16-25(23)34-28(26)27(32)22-4-2-3-5-24(22)29/h2-11,16,18,31H,12-15,17H2,1H3/t18-/m1/s1. The van der Waals surface area contributed by atoms with Gasteiger partial charge in [0.1, 0.15) is 18.1 Å². The Morgan fingerprint density at radius 1 is 1.15 bits per heavy atom. The highest BCUT2D eigenvalue weighted by Gasteiger charge is 2.23. The largest absolute Gasteiger partial charge is 0.508 e. The fraction of sp³-hybridized carbons (Fsp3) is 0.250. The minimum absolute atomic E-state index is 0.124. The van der Waals surface area contributed by atoms with E-state index in [0.717, 1.165) is 52.5 Å². The van der Waals surface area contributed by atoms with E-state index in [1.165, 1.54) is 17.8 Å². The molecular formula is C28H26ClNO3S. The number of ketones is 1. The van der Waals surface area contributed by atoms with Crippen LogP contribution in [0.3, 0.4) is 0 Å². The number of phenolic OH excluding ortho intramolecular Hbond substituents is 1. The van der Waals surface area contributed by atoms with E-state index in [1.54, 1.807) is 24.3 Å². The molecule has 0 radical (unpaired) electrons. The maximum atomic E-state index is 13.5. The van der Waals surface area contributed by atoms with Crippen LogP contribution in [0.1, 0.15) is 28.6 Å². The van der Waals surface area contributed by atoms with E-state index in [4.69, 9.17) is 16.3 Å². The summed E-state index contributed by atoms with van der Waals surface area (Å²) in [6, 6.07) is 20.2. The van der Waals surface area contributed by atoms with Crippen LogP contribution in [0, 0.1) is 5.92 Å². The maximum absolute atomic E-state index is 13.5. The summed E-state index contributed by atoms with van der Waals surface area (Å²) in [6.07, 6.45) is 1.26. The summed E-state index contributed by atoms with van der Waals surface area (Å²) in [4.78, 5) is 16.6. The van der Waals surface area contributed by atoms with E-state index in [2.05, 4.69) is 11.8 Å². The molecule has 1 fully saturated rings. The van der Waals surface area contributed by atoms with Crippen molar-refractivity contribution in [3.05, 3.63) is 82.2 Å². The summed E-state index contributed by atoms with van der Waals surface area (Å²) in [5.41, 5.74) is 2.24. The van der Waals surface area contributed by atoms with Gasteiger partial charge in [-0.05, 0) is 66.9 Å². The number of benzene rings is 3. The number of carbonyl (C=O) groups is 1. The van der Waals surface area contributed by atoms with E-state index in [0.29, 0.717) is 22.1 Å². The molecule has 1 N–H and O–H groups in total. The highest BCUT2D eigenvalue weighted by atomic mass is 35.5. The predicted molar refractivity (Wildman–Crippen MR) is 140 cm³/mol. The first-order chi connectivity index (χ1) is 16.5. The van der Waals surface area contributed by atoms with Gasteiger partial charge in [-0.3, -0.25) is 9.69 Å². The molecule has 0 spiro atoms. The number of rotatable bonds is 7. The van der Waals surface area contributed by atoms with Crippen LogP contribution in [0.15, 0.2) is 66.7 Å². The smallest absolute Gasteiger partial charge is 0.205 e. The highest BCUT2D eigenvalue weighted by Crippen LogP contribution is 2.42. The lowest BCUT2D eigenvalue weighted by atomic mass is 9.98. The van der Waals surface area contributed by atoms with Gasteiger partial charge in [0.25, 0.3) is 0 Å². The number of hydrogen-bond acceptors (Lipinski definition) is 5. The zero-order chi connectivity index (χ0) is 23.7. The zero-order valence-corrected chi connectivity index (χ0v) is 20.5. The summed E-state index contributed by atoms with van der Waals surface area (Å²) in [6.45, 7) is 6.17. The van der Waals surface area contributed by atoms with Gasteiger partial charge in [-0.25, -0.2) is 0 Å². The number of halogens is 1. The third-order valence-electron chi connectivity index (χ3n) is 6.33. The number of fused-ring (bicyclic) bond motifs is 1. The fourth-order valence-electron chi connectivity index (χ4n) is 4.54. The molecule has 1 atom stereocenters. The number of aromatic hydroxyl groups is 1. The average Bonchev–Trinajstić information content (AvgIpc) is 3.42. The van der Waals surface area contributed by atoms with Crippen molar-refractivity contribution in [1.82, 2.24) is 4.90 Å². The Hall–Kier alpha value is -2.86. The molecule has 1 aromatic heterocycles. The molecule has 34 heavy (non-hydrogen) atoms. The molecule has 0 saturated carbocycles. The molecule has 3 aromatic carbocycles. The molecule has 0 amide bonds.